The molecular weight excluding hydrogens is 332 g/mol. The van der Waals surface area contributed by atoms with Crippen molar-refractivity contribution in [3.8, 4) is 0 Å². The molecule has 0 bridgehead atoms. The van der Waals surface area contributed by atoms with Crippen molar-refractivity contribution in [3.63, 3.8) is 0 Å². The van der Waals surface area contributed by atoms with Gasteiger partial charge in [-0.3, -0.25) is 9.59 Å². The molecule has 5 aliphatic rings. The van der Waals surface area contributed by atoms with E-state index in [0.29, 0.717) is 17.5 Å². The first-order chi connectivity index (χ1) is 12.8. The molecule has 2 nitrogen and oxygen atoms in total. The van der Waals surface area contributed by atoms with Gasteiger partial charge in [0.25, 0.3) is 0 Å². The standard InChI is InChI=1S/C25H36O2/c1-16(26)25-11-5-4-6-18(25)15-22-20-8-7-17-14-19(27)9-12-23(17,2)21(20)10-13-24(22,25)3/h14,18,20-22H,4-13,15H2,1-3H3/t18?,20-,21+,22+,23+,24+,25?/m1/s1. The van der Waals surface area contributed by atoms with Gasteiger partial charge in [0.15, 0.2) is 5.78 Å². The lowest BCUT2D eigenvalue weighted by Crippen LogP contribution is -2.55. The smallest absolute Gasteiger partial charge is 0.155 e. The number of carbonyl (C=O) groups excluding carboxylic acids is 2. The van der Waals surface area contributed by atoms with Crippen LogP contribution in [-0.2, 0) is 9.59 Å². The van der Waals surface area contributed by atoms with Crippen LogP contribution in [-0.4, -0.2) is 11.6 Å². The molecule has 0 N–H and O–H groups in total. The van der Waals surface area contributed by atoms with Gasteiger partial charge in [0.2, 0.25) is 0 Å². The highest BCUT2D eigenvalue weighted by Crippen LogP contribution is 2.74. The molecule has 0 radical (unpaired) electrons. The van der Waals surface area contributed by atoms with Crippen LogP contribution in [0, 0.1) is 39.9 Å². The van der Waals surface area contributed by atoms with Crippen LogP contribution in [0.2, 0.25) is 0 Å². The molecule has 27 heavy (non-hydrogen) atoms. The maximum Gasteiger partial charge on any atom is 0.155 e. The van der Waals surface area contributed by atoms with Crippen molar-refractivity contribution in [2.24, 2.45) is 39.9 Å². The summed E-state index contributed by atoms with van der Waals surface area (Å²) in [4.78, 5) is 25.1. The summed E-state index contributed by atoms with van der Waals surface area (Å²) in [5.41, 5.74) is 1.89. The van der Waals surface area contributed by atoms with E-state index in [0.717, 1.165) is 43.4 Å². The Labute approximate surface area is 164 Å². The monoisotopic (exact) mass is 368 g/mol. The van der Waals surface area contributed by atoms with E-state index in [1.807, 2.05) is 13.0 Å². The van der Waals surface area contributed by atoms with Crippen LogP contribution in [0.4, 0.5) is 0 Å². The van der Waals surface area contributed by atoms with Gasteiger partial charge in [-0.1, -0.05) is 32.3 Å². The van der Waals surface area contributed by atoms with Gasteiger partial charge < -0.3 is 0 Å². The van der Waals surface area contributed by atoms with E-state index in [4.69, 9.17) is 0 Å². The SMILES string of the molecule is CC(=O)C12CCCCC1C[C@H]1[C@@H]3CCC4=CC(=O)CC[C@]4(C)[C@H]3CC[C@@]12C. The molecule has 0 heterocycles. The lowest BCUT2D eigenvalue weighted by molar-refractivity contribution is -0.148. The van der Waals surface area contributed by atoms with Crippen molar-refractivity contribution in [1.29, 1.82) is 0 Å². The Balaban J connectivity index is 1.54. The van der Waals surface area contributed by atoms with E-state index >= 15 is 0 Å². The third-order valence-electron chi connectivity index (χ3n) is 10.6. The molecule has 0 aromatic heterocycles. The molecule has 0 saturated heterocycles. The lowest BCUT2D eigenvalue weighted by atomic mass is 9.44. The third kappa shape index (κ3) is 2.14. The summed E-state index contributed by atoms with van der Waals surface area (Å²) in [6.07, 6.45) is 15.0. The van der Waals surface area contributed by atoms with Gasteiger partial charge in [-0.05, 0) is 98.9 Å². The maximum absolute atomic E-state index is 13.1. The van der Waals surface area contributed by atoms with Gasteiger partial charge in [-0.2, -0.15) is 0 Å². The molecular formula is C25H36O2. The third-order valence-corrected chi connectivity index (χ3v) is 10.6. The fourth-order valence-electron chi connectivity index (χ4n) is 9.36. The Morgan fingerprint density at radius 2 is 1.81 bits per heavy atom. The quantitative estimate of drug-likeness (QED) is 0.578. The highest BCUT2D eigenvalue weighted by Gasteiger charge is 2.69. The van der Waals surface area contributed by atoms with Gasteiger partial charge >= 0.3 is 0 Å². The highest BCUT2D eigenvalue weighted by atomic mass is 16.1. The zero-order valence-corrected chi connectivity index (χ0v) is 17.5. The summed E-state index contributed by atoms with van der Waals surface area (Å²) in [7, 11) is 0. The normalized spacial score (nSPS) is 51.5. The van der Waals surface area contributed by atoms with Crippen molar-refractivity contribution < 1.29 is 9.59 Å². The van der Waals surface area contributed by atoms with Crippen molar-refractivity contribution >= 4 is 11.6 Å². The van der Waals surface area contributed by atoms with Crippen molar-refractivity contribution in [1.82, 2.24) is 0 Å². The summed E-state index contributed by atoms with van der Waals surface area (Å²) in [6.45, 7) is 6.89. The molecule has 4 saturated carbocycles. The van der Waals surface area contributed by atoms with E-state index in [9.17, 15) is 9.59 Å². The van der Waals surface area contributed by atoms with Crippen molar-refractivity contribution in [2.75, 3.05) is 0 Å². The average molecular weight is 369 g/mol. The zero-order valence-electron chi connectivity index (χ0n) is 17.5. The minimum Gasteiger partial charge on any atom is -0.299 e. The first kappa shape index (κ1) is 18.1. The number of Topliss-reactive ketones (excluding diaryl/α,β-unsaturated/α-hetero) is 1. The second-order valence-corrected chi connectivity index (χ2v) is 11.1. The van der Waals surface area contributed by atoms with Gasteiger partial charge in [-0.15, -0.1) is 0 Å². The number of hydrogen-bond donors (Lipinski definition) is 0. The average Bonchev–Trinajstić information content (AvgIpc) is 2.92. The largest absolute Gasteiger partial charge is 0.299 e. The predicted octanol–water partition coefficient (Wildman–Crippen LogP) is 5.89. The van der Waals surface area contributed by atoms with Crippen LogP contribution in [0.3, 0.4) is 0 Å². The maximum atomic E-state index is 13.1. The van der Waals surface area contributed by atoms with Crippen LogP contribution in [0.5, 0.6) is 0 Å². The minimum atomic E-state index is -0.0273. The number of carbonyl (C=O) groups is 2. The zero-order chi connectivity index (χ0) is 19.0. The molecule has 2 unspecified atom stereocenters. The summed E-state index contributed by atoms with van der Waals surface area (Å²) in [5, 5.41) is 0. The van der Waals surface area contributed by atoms with E-state index in [1.165, 1.54) is 50.5 Å². The van der Waals surface area contributed by atoms with Gasteiger partial charge in [0, 0.05) is 11.8 Å². The molecule has 0 amide bonds. The number of rotatable bonds is 1. The predicted molar refractivity (Wildman–Crippen MR) is 107 cm³/mol. The van der Waals surface area contributed by atoms with Crippen LogP contribution < -0.4 is 0 Å². The van der Waals surface area contributed by atoms with Crippen LogP contribution in [0.15, 0.2) is 11.6 Å². The fourth-order valence-corrected chi connectivity index (χ4v) is 9.36. The summed E-state index contributed by atoms with van der Waals surface area (Å²) < 4.78 is 0. The van der Waals surface area contributed by atoms with E-state index in [-0.39, 0.29) is 16.2 Å². The highest BCUT2D eigenvalue weighted by molar-refractivity contribution is 5.91. The second kappa shape index (κ2) is 5.80. The first-order valence-electron chi connectivity index (χ1n) is 11.6. The molecule has 0 spiro atoms. The molecule has 0 aromatic carbocycles. The van der Waals surface area contributed by atoms with Crippen molar-refractivity contribution in [2.45, 2.75) is 91.4 Å². The van der Waals surface area contributed by atoms with Crippen LogP contribution in [0.1, 0.15) is 91.4 Å². The molecule has 2 heteroatoms. The fraction of sp³-hybridized carbons (Fsp3) is 0.840. The minimum absolute atomic E-state index is 0.0273. The van der Waals surface area contributed by atoms with Gasteiger partial charge in [0.05, 0.1) is 0 Å². The van der Waals surface area contributed by atoms with E-state index in [2.05, 4.69) is 13.8 Å². The molecule has 7 atom stereocenters. The molecule has 0 aromatic rings. The van der Waals surface area contributed by atoms with Crippen LogP contribution in [0.25, 0.3) is 0 Å². The molecule has 0 aliphatic heterocycles. The summed E-state index contributed by atoms with van der Waals surface area (Å²) >= 11 is 0. The second-order valence-electron chi connectivity index (χ2n) is 11.1. The van der Waals surface area contributed by atoms with Crippen molar-refractivity contribution in [3.05, 3.63) is 11.6 Å². The molecule has 5 rings (SSSR count). The Kier molecular flexibility index (Phi) is 3.89. The topological polar surface area (TPSA) is 34.1 Å². The van der Waals surface area contributed by atoms with Gasteiger partial charge in [-0.25, -0.2) is 0 Å². The van der Waals surface area contributed by atoms with E-state index < -0.39 is 0 Å². The molecule has 4 fully saturated rings. The summed E-state index contributed by atoms with van der Waals surface area (Å²) in [6, 6.07) is 0. The molecule has 5 aliphatic carbocycles. The first-order valence-corrected chi connectivity index (χ1v) is 11.6. The Bertz CT molecular complexity index is 720. The number of hydrogen-bond acceptors (Lipinski definition) is 2. The van der Waals surface area contributed by atoms with Gasteiger partial charge in [0.1, 0.15) is 5.78 Å². The Morgan fingerprint density at radius 3 is 2.59 bits per heavy atom. The van der Waals surface area contributed by atoms with Crippen LogP contribution >= 0.6 is 0 Å². The number of allylic oxidation sites excluding steroid dienone is 1. The summed E-state index contributed by atoms with van der Waals surface area (Å²) in [5.74, 6) is 3.70. The Morgan fingerprint density at radius 1 is 1.00 bits per heavy atom. The number of ketones is 2. The number of fused-ring (bicyclic) bond motifs is 7. The molecule has 148 valence electrons. The van der Waals surface area contributed by atoms with E-state index in [1.54, 1.807) is 0 Å². The lowest BCUT2D eigenvalue weighted by Gasteiger charge is -2.60. The Hall–Kier alpha value is -0.920.